The minimum absolute atomic E-state index is 0.398. The van der Waals surface area contributed by atoms with Gasteiger partial charge in [0, 0.05) is 41.0 Å². The largest absolute Gasteiger partial charge is 0.350 e. The van der Waals surface area contributed by atoms with E-state index in [0.29, 0.717) is 16.0 Å². The fourth-order valence-electron chi connectivity index (χ4n) is 2.03. The number of carbonyl (C=O) groups excluding carboxylic acids is 1. The number of aryl methyl sites for hydroxylation is 1. The molecule has 0 radical (unpaired) electrons. The Labute approximate surface area is 123 Å². The van der Waals surface area contributed by atoms with Gasteiger partial charge in [-0.2, -0.15) is 0 Å². The van der Waals surface area contributed by atoms with Crippen LogP contribution in [0.2, 0.25) is 5.02 Å². The fourth-order valence-corrected chi connectivity index (χ4v) is 2.64. The summed E-state index contributed by atoms with van der Waals surface area (Å²) in [5, 5.41) is 1.28. The van der Waals surface area contributed by atoms with E-state index in [0.717, 1.165) is 11.8 Å². The standard InChI is InChI=1S/C14H16ClNO3S/c1-14(2,20(4,18)19)13(17)11-8-16(3)12-7-9(15)5-6-10(11)12/h5-8H,1-4H3. The Morgan fingerprint density at radius 1 is 1.30 bits per heavy atom. The molecule has 0 spiro atoms. The van der Waals surface area contributed by atoms with E-state index in [4.69, 9.17) is 11.6 Å². The van der Waals surface area contributed by atoms with Gasteiger partial charge in [0.2, 0.25) is 0 Å². The maximum Gasteiger partial charge on any atom is 0.185 e. The molecule has 0 bridgehead atoms. The predicted molar refractivity (Wildman–Crippen MR) is 81.2 cm³/mol. The Kier molecular flexibility index (Phi) is 3.47. The van der Waals surface area contributed by atoms with E-state index in [9.17, 15) is 13.2 Å². The summed E-state index contributed by atoms with van der Waals surface area (Å²) in [5.41, 5.74) is 1.19. The van der Waals surface area contributed by atoms with E-state index < -0.39 is 20.4 Å². The lowest BCUT2D eigenvalue weighted by Gasteiger charge is -2.20. The smallest absolute Gasteiger partial charge is 0.185 e. The molecule has 0 unspecified atom stereocenters. The number of ketones is 1. The van der Waals surface area contributed by atoms with E-state index in [1.54, 1.807) is 36.0 Å². The number of sulfone groups is 1. The van der Waals surface area contributed by atoms with Gasteiger partial charge < -0.3 is 4.57 Å². The number of fused-ring (bicyclic) bond motifs is 1. The van der Waals surface area contributed by atoms with Gasteiger partial charge >= 0.3 is 0 Å². The zero-order chi connectivity index (χ0) is 15.3. The topological polar surface area (TPSA) is 56.1 Å². The summed E-state index contributed by atoms with van der Waals surface area (Å²) in [4.78, 5) is 12.6. The Bertz CT molecular complexity index is 803. The number of hydrogen-bond donors (Lipinski definition) is 0. The van der Waals surface area contributed by atoms with Gasteiger partial charge in [-0.25, -0.2) is 8.42 Å². The fraction of sp³-hybridized carbons (Fsp3) is 0.357. The van der Waals surface area contributed by atoms with Gasteiger partial charge in [-0.1, -0.05) is 17.7 Å². The molecule has 0 atom stereocenters. The van der Waals surface area contributed by atoms with Crippen molar-refractivity contribution in [3.8, 4) is 0 Å². The highest BCUT2D eigenvalue weighted by Crippen LogP contribution is 2.29. The summed E-state index contributed by atoms with van der Waals surface area (Å²) in [5.74, 6) is -0.409. The molecule has 1 heterocycles. The number of rotatable bonds is 3. The zero-order valence-corrected chi connectivity index (χ0v) is 13.3. The van der Waals surface area contributed by atoms with E-state index >= 15 is 0 Å². The van der Waals surface area contributed by atoms with Crippen molar-refractivity contribution in [2.75, 3.05) is 6.26 Å². The van der Waals surface area contributed by atoms with Crippen molar-refractivity contribution >= 4 is 38.1 Å². The van der Waals surface area contributed by atoms with Gasteiger partial charge in [0.15, 0.2) is 15.6 Å². The number of halogens is 1. The molecule has 2 aromatic rings. The third kappa shape index (κ3) is 2.25. The normalized spacial score (nSPS) is 12.8. The summed E-state index contributed by atoms with van der Waals surface area (Å²) in [6.45, 7) is 2.86. The third-order valence-corrected chi connectivity index (χ3v) is 5.95. The van der Waals surface area contributed by atoms with Gasteiger partial charge in [-0.3, -0.25) is 4.79 Å². The van der Waals surface area contributed by atoms with Crippen molar-refractivity contribution in [3.05, 3.63) is 35.0 Å². The molecule has 0 saturated heterocycles. The zero-order valence-electron chi connectivity index (χ0n) is 11.8. The van der Waals surface area contributed by atoms with Crippen LogP contribution >= 0.6 is 11.6 Å². The second kappa shape index (κ2) is 4.60. The van der Waals surface area contributed by atoms with Crippen LogP contribution in [0.1, 0.15) is 24.2 Å². The average molecular weight is 314 g/mol. The monoisotopic (exact) mass is 313 g/mol. The van der Waals surface area contributed by atoms with E-state index in [-0.39, 0.29) is 0 Å². The minimum Gasteiger partial charge on any atom is -0.350 e. The first-order valence-corrected chi connectivity index (χ1v) is 8.31. The first-order chi connectivity index (χ1) is 9.05. The molecule has 20 heavy (non-hydrogen) atoms. The number of Topliss-reactive ketones (excluding diaryl/α,β-unsaturated/α-hetero) is 1. The highest BCUT2D eigenvalue weighted by molar-refractivity contribution is 7.92. The quantitative estimate of drug-likeness (QED) is 0.819. The average Bonchev–Trinajstić information content (AvgIpc) is 2.64. The van der Waals surface area contributed by atoms with Gasteiger partial charge in [0.05, 0.1) is 0 Å². The van der Waals surface area contributed by atoms with E-state index in [1.807, 2.05) is 0 Å². The summed E-state index contributed by atoms with van der Waals surface area (Å²) in [7, 11) is -1.71. The van der Waals surface area contributed by atoms with Crippen LogP contribution in [0.4, 0.5) is 0 Å². The molecule has 0 fully saturated rings. The van der Waals surface area contributed by atoms with Gasteiger partial charge in [-0.15, -0.1) is 0 Å². The predicted octanol–water partition coefficient (Wildman–Crippen LogP) is 2.84. The van der Waals surface area contributed by atoms with Crippen LogP contribution in [0.5, 0.6) is 0 Å². The van der Waals surface area contributed by atoms with E-state index in [1.165, 1.54) is 13.8 Å². The molecule has 0 N–H and O–H groups in total. The number of benzene rings is 1. The third-order valence-electron chi connectivity index (χ3n) is 3.67. The van der Waals surface area contributed by atoms with Gasteiger partial charge in [-0.05, 0) is 26.0 Å². The second-order valence-corrected chi connectivity index (χ2v) is 8.43. The lowest BCUT2D eigenvalue weighted by atomic mass is 10.00. The lowest BCUT2D eigenvalue weighted by Crippen LogP contribution is -2.39. The van der Waals surface area contributed by atoms with Crippen LogP contribution in [0.3, 0.4) is 0 Å². The molecule has 0 aliphatic heterocycles. The molecule has 4 nitrogen and oxygen atoms in total. The van der Waals surface area contributed by atoms with Crippen LogP contribution in [-0.4, -0.2) is 29.8 Å². The number of carbonyl (C=O) groups is 1. The lowest BCUT2D eigenvalue weighted by molar-refractivity contribution is 0.0955. The SMILES string of the molecule is Cn1cc(C(=O)C(C)(C)S(C)(=O)=O)c2ccc(Cl)cc21. The van der Waals surface area contributed by atoms with Crippen molar-refractivity contribution in [2.24, 2.45) is 7.05 Å². The summed E-state index contributed by atoms with van der Waals surface area (Å²) in [6, 6.07) is 5.18. The molecular weight excluding hydrogens is 298 g/mol. The summed E-state index contributed by atoms with van der Waals surface area (Å²) in [6.07, 6.45) is 2.73. The second-order valence-electron chi connectivity index (χ2n) is 5.43. The van der Waals surface area contributed by atoms with Crippen LogP contribution < -0.4 is 0 Å². The number of aromatic nitrogens is 1. The highest BCUT2D eigenvalue weighted by Gasteiger charge is 2.40. The molecule has 2 rings (SSSR count). The number of nitrogens with zero attached hydrogens (tertiary/aromatic N) is 1. The Morgan fingerprint density at radius 2 is 1.90 bits per heavy atom. The first-order valence-electron chi connectivity index (χ1n) is 6.04. The Balaban J connectivity index is 2.69. The molecule has 6 heteroatoms. The molecule has 1 aromatic heterocycles. The molecule has 0 aliphatic rings. The minimum atomic E-state index is -3.50. The van der Waals surface area contributed by atoms with Crippen LogP contribution in [0.15, 0.2) is 24.4 Å². The van der Waals surface area contributed by atoms with Crippen molar-refractivity contribution < 1.29 is 13.2 Å². The van der Waals surface area contributed by atoms with Crippen LogP contribution in [0, 0.1) is 0 Å². The molecule has 108 valence electrons. The molecule has 0 saturated carbocycles. The van der Waals surface area contributed by atoms with Gasteiger partial charge in [0.1, 0.15) is 4.75 Å². The van der Waals surface area contributed by atoms with Gasteiger partial charge in [0.25, 0.3) is 0 Å². The maximum absolute atomic E-state index is 12.6. The van der Waals surface area contributed by atoms with Crippen LogP contribution in [0.25, 0.3) is 10.9 Å². The molecule has 0 aliphatic carbocycles. The first kappa shape index (κ1) is 15.1. The molecule has 1 aromatic carbocycles. The molecule has 0 amide bonds. The molecular formula is C14H16ClNO3S. The van der Waals surface area contributed by atoms with Crippen molar-refractivity contribution in [1.82, 2.24) is 4.57 Å². The Morgan fingerprint density at radius 3 is 2.45 bits per heavy atom. The van der Waals surface area contributed by atoms with Crippen molar-refractivity contribution in [1.29, 1.82) is 0 Å². The van der Waals surface area contributed by atoms with Crippen LogP contribution in [-0.2, 0) is 16.9 Å². The maximum atomic E-state index is 12.6. The van der Waals surface area contributed by atoms with E-state index in [2.05, 4.69) is 0 Å². The van der Waals surface area contributed by atoms with Crippen molar-refractivity contribution in [2.45, 2.75) is 18.6 Å². The summed E-state index contributed by atoms with van der Waals surface area (Å²) >= 11 is 5.95. The highest BCUT2D eigenvalue weighted by atomic mass is 35.5. The Hall–Kier alpha value is -1.33. The van der Waals surface area contributed by atoms with Crippen molar-refractivity contribution in [3.63, 3.8) is 0 Å². The summed E-state index contributed by atoms with van der Waals surface area (Å²) < 4.78 is 23.9. The number of hydrogen-bond acceptors (Lipinski definition) is 3.